The summed E-state index contributed by atoms with van der Waals surface area (Å²) < 4.78 is 6.06. The minimum Gasteiger partial charge on any atom is -0.493 e. The highest BCUT2D eigenvalue weighted by Gasteiger charge is 2.08. The first-order chi connectivity index (χ1) is 13.3. The minimum atomic E-state index is 0.651. The van der Waals surface area contributed by atoms with E-state index in [0.717, 1.165) is 46.2 Å². The Morgan fingerprint density at radius 3 is 2.52 bits per heavy atom. The van der Waals surface area contributed by atoms with E-state index in [1.165, 1.54) is 5.39 Å². The summed E-state index contributed by atoms with van der Waals surface area (Å²) in [4.78, 5) is 3.48. The third-order valence-electron chi connectivity index (χ3n) is 4.46. The van der Waals surface area contributed by atoms with E-state index >= 15 is 0 Å². The summed E-state index contributed by atoms with van der Waals surface area (Å²) in [5.41, 5.74) is 4.36. The molecule has 27 heavy (non-hydrogen) atoms. The molecule has 4 rings (SSSR count). The minimum absolute atomic E-state index is 0.651. The Balaban J connectivity index is 1.37. The van der Waals surface area contributed by atoms with Crippen molar-refractivity contribution >= 4 is 28.2 Å². The molecule has 1 aromatic heterocycles. The van der Waals surface area contributed by atoms with Crippen LogP contribution < -0.4 is 10.1 Å². The Hall–Kier alpha value is -2.91. The molecule has 0 aliphatic heterocycles. The molecule has 3 nitrogen and oxygen atoms in total. The lowest BCUT2D eigenvalue weighted by atomic mass is 10.1. The van der Waals surface area contributed by atoms with Gasteiger partial charge in [0.2, 0.25) is 0 Å². The van der Waals surface area contributed by atoms with E-state index < -0.39 is 0 Å². The molecule has 0 fully saturated rings. The number of halogens is 1. The SMILES string of the molecule is Clc1ccc(NCCCOc2ccccc2-c2cc3ccccc3[nH]2)cc1. The average Bonchev–Trinajstić information content (AvgIpc) is 3.13. The van der Waals surface area contributed by atoms with E-state index in [-0.39, 0.29) is 0 Å². The lowest BCUT2D eigenvalue weighted by Gasteiger charge is -2.11. The fourth-order valence-corrected chi connectivity index (χ4v) is 3.21. The first kappa shape index (κ1) is 17.5. The number of anilines is 1. The highest BCUT2D eigenvalue weighted by molar-refractivity contribution is 6.30. The third-order valence-corrected chi connectivity index (χ3v) is 4.71. The lowest BCUT2D eigenvalue weighted by molar-refractivity contribution is 0.316. The van der Waals surface area contributed by atoms with Gasteiger partial charge < -0.3 is 15.0 Å². The second-order valence-electron chi connectivity index (χ2n) is 6.40. The number of H-pyrrole nitrogens is 1. The van der Waals surface area contributed by atoms with Crippen LogP contribution in [0.4, 0.5) is 5.69 Å². The zero-order valence-corrected chi connectivity index (χ0v) is 15.7. The molecule has 4 heteroatoms. The maximum Gasteiger partial charge on any atom is 0.128 e. The van der Waals surface area contributed by atoms with Crippen molar-refractivity contribution in [2.45, 2.75) is 6.42 Å². The van der Waals surface area contributed by atoms with Crippen molar-refractivity contribution in [1.29, 1.82) is 0 Å². The average molecular weight is 377 g/mol. The maximum atomic E-state index is 6.06. The van der Waals surface area contributed by atoms with Crippen LogP contribution in [-0.2, 0) is 0 Å². The van der Waals surface area contributed by atoms with Crippen LogP contribution in [0.1, 0.15) is 6.42 Å². The van der Waals surface area contributed by atoms with Crippen molar-refractivity contribution < 1.29 is 4.74 Å². The topological polar surface area (TPSA) is 37.0 Å². The number of aromatic nitrogens is 1. The van der Waals surface area contributed by atoms with E-state index in [4.69, 9.17) is 16.3 Å². The van der Waals surface area contributed by atoms with Gasteiger partial charge in [0.25, 0.3) is 0 Å². The fraction of sp³-hybridized carbons (Fsp3) is 0.130. The highest BCUT2D eigenvalue weighted by atomic mass is 35.5. The van der Waals surface area contributed by atoms with E-state index in [0.29, 0.717) is 6.61 Å². The van der Waals surface area contributed by atoms with Gasteiger partial charge in [0.05, 0.1) is 12.3 Å². The van der Waals surface area contributed by atoms with Gasteiger partial charge >= 0.3 is 0 Å². The Bertz CT molecular complexity index is 991. The van der Waals surface area contributed by atoms with Gasteiger partial charge in [-0.25, -0.2) is 0 Å². The Labute approximate surface area is 163 Å². The number of ether oxygens (including phenoxy) is 1. The Morgan fingerprint density at radius 1 is 0.889 bits per heavy atom. The zero-order chi connectivity index (χ0) is 18.5. The van der Waals surface area contributed by atoms with Crippen molar-refractivity contribution in [3.05, 3.63) is 83.9 Å². The second-order valence-corrected chi connectivity index (χ2v) is 6.84. The normalized spacial score (nSPS) is 10.9. The van der Waals surface area contributed by atoms with E-state index in [1.54, 1.807) is 0 Å². The molecule has 136 valence electrons. The summed E-state index contributed by atoms with van der Waals surface area (Å²) in [5, 5.41) is 5.33. The third kappa shape index (κ3) is 4.26. The number of benzene rings is 3. The van der Waals surface area contributed by atoms with E-state index in [9.17, 15) is 0 Å². The van der Waals surface area contributed by atoms with Gasteiger partial charge in [0.1, 0.15) is 5.75 Å². The second kappa shape index (κ2) is 8.19. The molecule has 0 unspecified atom stereocenters. The molecule has 3 aromatic carbocycles. The van der Waals surface area contributed by atoms with E-state index in [2.05, 4.69) is 40.6 Å². The first-order valence-electron chi connectivity index (χ1n) is 9.09. The summed E-state index contributed by atoms with van der Waals surface area (Å²) in [7, 11) is 0. The number of fused-ring (bicyclic) bond motifs is 1. The molecule has 0 radical (unpaired) electrons. The van der Waals surface area contributed by atoms with Gasteiger partial charge in [-0.3, -0.25) is 0 Å². The number of rotatable bonds is 7. The molecular formula is C23H21ClN2O. The highest BCUT2D eigenvalue weighted by Crippen LogP contribution is 2.31. The van der Waals surface area contributed by atoms with Crippen molar-refractivity contribution in [3.8, 4) is 17.0 Å². The summed E-state index contributed by atoms with van der Waals surface area (Å²) in [5.74, 6) is 0.899. The Kier molecular flexibility index (Phi) is 5.31. The lowest BCUT2D eigenvalue weighted by Crippen LogP contribution is -2.07. The summed E-state index contributed by atoms with van der Waals surface area (Å²) in [6, 6.07) is 26.3. The zero-order valence-electron chi connectivity index (χ0n) is 14.9. The smallest absolute Gasteiger partial charge is 0.128 e. The van der Waals surface area contributed by atoms with Crippen LogP contribution in [0.25, 0.3) is 22.2 Å². The molecule has 4 aromatic rings. The number of aromatic amines is 1. The van der Waals surface area contributed by atoms with Crippen LogP contribution in [-0.4, -0.2) is 18.1 Å². The standard InChI is InChI=1S/C23H21ClN2O/c24-18-10-12-19(13-11-18)25-14-5-15-27-23-9-4-2-7-20(23)22-16-17-6-1-3-8-21(17)26-22/h1-4,6-13,16,25-26H,5,14-15H2. The molecule has 0 aliphatic carbocycles. The molecular weight excluding hydrogens is 356 g/mol. The number of nitrogens with one attached hydrogen (secondary N) is 2. The Morgan fingerprint density at radius 2 is 1.67 bits per heavy atom. The molecule has 0 saturated carbocycles. The van der Waals surface area contributed by atoms with Gasteiger partial charge in [-0.15, -0.1) is 0 Å². The molecule has 0 spiro atoms. The first-order valence-corrected chi connectivity index (χ1v) is 9.47. The summed E-state index contributed by atoms with van der Waals surface area (Å²) in [6.07, 6.45) is 0.906. The van der Waals surface area contributed by atoms with Gasteiger partial charge in [-0.2, -0.15) is 0 Å². The predicted octanol–water partition coefficient (Wildman–Crippen LogP) is 6.37. The van der Waals surface area contributed by atoms with Crippen LogP contribution in [0.5, 0.6) is 5.75 Å². The predicted molar refractivity (Wildman–Crippen MR) is 114 cm³/mol. The number of para-hydroxylation sites is 2. The quantitative estimate of drug-likeness (QED) is 0.368. The van der Waals surface area contributed by atoms with Crippen molar-refractivity contribution in [1.82, 2.24) is 4.98 Å². The molecule has 2 N–H and O–H groups in total. The van der Waals surface area contributed by atoms with Crippen LogP contribution in [0, 0.1) is 0 Å². The van der Waals surface area contributed by atoms with Gasteiger partial charge in [0.15, 0.2) is 0 Å². The summed E-state index contributed by atoms with van der Waals surface area (Å²) in [6.45, 7) is 1.49. The van der Waals surface area contributed by atoms with Crippen LogP contribution in [0.15, 0.2) is 78.9 Å². The molecule has 0 amide bonds. The molecule has 1 heterocycles. The molecule has 0 saturated heterocycles. The molecule has 0 bridgehead atoms. The molecule has 0 atom stereocenters. The van der Waals surface area contributed by atoms with Crippen LogP contribution >= 0.6 is 11.6 Å². The van der Waals surface area contributed by atoms with Crippen molar-refractivity contribution in [3.63, 3.8) is 0 Å². The number of hydrogen-bond donors (Lipinski definition) is 2. The monoisotopic (exact) mass is 376 g/mol. The van der Waals surface area contributed by atoms with Crippen LogP contribution in [0.2, 0.25) is 5.02 Å². The van der Waals surface area contributed by atoms with Gasteiger partial charge in [0, 0.05) is 33.7 Å². The molecule has 0 aliphatic rings. The van der Waals surface area contributed by atoms with Gasteiger partial charge in [-0.05, 0) is 55.0 Å². The van der Waals surface area contributed by atoms with Crippen LogP contribution in [0.3, 0.4) is 0 Å². The number of hydrogen-bond acceptors (Lipinski definition) is 2. The summed E-state index contributed by atoms with van der Waals surface area (Å²) >= 11 is 5.90. The van der Waals surface area contributed by atoms with Gasteiger partial charge in [-0.1, -0.05) is 41.9 Å². The van der Waals surface area contributed by atoms with Crippen molar-refractivity contribution in [2.75, 3.05) is 18.5 Å². The maximum absolute atomic E-state index is 6.06. The fourth-order valence-electron chi connectivity index (χ4n) is 3.09. The van der Waals surface area contributed by atoms with Crippen molar-refractivity contribution in [2.24, 2.45) is 0 Å². The van der Waals surface area contributed by atoms with E-state index in [1.807, 2.05) is 48.5 Å². The largest absolute Gasteiger partial charge is 0.493 e.